The standard InChI is InChI=1S/C64H59N/c1-41-14-13-18-53(34-41)65(51-27-22-44(23-28-51)48-36-43(3)54-19-10-9-17-47(54)37-48)52-29-24-49(25-30-52)64(61-35-42(2)21-31-55(61)59-20-11-12-33-63(59,64)6)50-26-32-58-57(40-50)56-38-45-15-7-8-16-46(45)39-60(56)62(58,4)5/h7-13,15-34,36-43,54,59H,14,35H2,1-6H3. The van der Waals surface area contributed by atoms with Crippen molar-refractivity contribution in [2.45, 2.75) is 65.2 Å². The molecule has 12 rings (SSSR count). The van der Waals surface area contributed by atoms with Gasteiger partial charge < -0.3 is 4.90 Å². The van der Waals surface area contributed by atoms with E-state index in [4.69, 9.17) is 0 Å². The maximum atomic E-state index is 2.62. The Kier molecular flexibility index (Phi) is 9.13. The molecule has 65 heavy (non-hydrogen) atoms. The lowest BCUT2D eigenvalue weighted by molar-refractivity contribution is 0.256. The number of benzene rings is 5. The lowest BCUT2D eigenvalue weighted by Crippen LogP contribution is -2.45. The van der Waals surface area contributed by atoms with E-state index < -0.39 is 5.41 Å². The Morgan fingerprint density at radius 2 is 1.34 bits per heavy atom. The molecular weight excluding hydrogens is 783 g/mol. The highest BCUT2D eigenvalue weighted by Gasteiger charge is 2.61. The van der Waals surface area contributed by atoms with E-state index in [2.05, 4.69) is 241 Å². The number of hydrogen-bond acceptors (Lipinski definition) is 1. The molecule has 7 unspecified atom stereocenters. The van der Waals surface area contributed by atoms with Crippen molar-refractivity contribution < 1.29 is 0 Å². The fraction of sp³-hybridized carbons (Fsp3) is 0.250. The molecule has 0 bridgehead atoms. The molecule has 320 valence electrons. The van der Waals surface area contributed by atoms with Crippen LogP contribution in [-0.4, -0.2) is 0 Å². The molecule has 0 radical (unpaired) electrons. The number of allylic oxidation sites excluding steroid dienone is 19. The fourth-order valence-corrected chi connectivity index (χ4v) is 13.3. The molecular formula is C64H59N. The summed E-state index contributed by atoms with van der Waals surface area (Å²) in [4.78, 5) is 2.48. The van der Waals surface area contributed by atoms with Gasteiger partial charge >= 0.3 is 0 Å². The van der Waals surface area contributed by atoms with Gasteiger partial charge in [0.2, 0.25) is 0 Å². The molecule has 0 amide bonds. The zero-order valence-electron chi connectivity index (χ0n) is 38.7. The Balaban J connectivity index is 1.01. The minimum atomic E-state index is -0.392. The maximum absolute atomic E-state index is 2.62. The lowest BCUT2D eigenvalue weighted by atomic mass is 9.53. The molecule has 0 saturated heterocycles. The number of fused-ring (bicyclic) bond motifs is 7. The van der Waals surface area contributed by atoms with Gasteiger partial charge in [-0.05, 0) is 151 Å². The third kappa shape index (κ3) is 5.97. The first kappa shape index (κ1) is 40.1. The minimum absolute atomic E-state index is 0.0953. The molecule has 5 aromatic carbocycles. The molecule has 0 spiro atoms. The number of nitrogens with zero attached hydrogens (tertiary/aromatic N) is 1. The van der Waals surface area contributed by atoms with Gasteiger partial charge in [0.1, 0.15) is 0 Å². The predicted molar refractivity (Wildman–Crippen MR) is 275 cm³/mol. The highest BCUT2D eigenvalue weighted by molar-refractivity contribution is 5.94. The largest absolute Gasteiger partial charge is 0.311 e. The zero-order valence-corrected chi connectivity index (χ0v) is 38.7. The van der Waals surface area contributed by atoms with Crippen LogP contribution in [0.25, 0.3) is 27.5 Å². The van der Waals surface area contributed by atoms with Crippen molar-refractivity contribution >= 4 is 27.7 Å². The molecule has 0 heterocycles. The van der Waals surface area contributed by atoms with Crippen LogP contribution in [0.3, 0.4) is 0 Å². The van der Waals surface area contributed by atoms with E-state index in [9.17, 15) is 0 Å². The van der Waals surface area contributed by atoms with Crippen molar-refractivity contribution in [1.82, 2.24) is 0 Å². The van der Waals surface area contributed by atoms with Gasteiger partial charge in [0, 0.05) is 39.7 Å². The van der Waals surface area contributed by atoms with Crippen LogP contribution in [0.15, 0.2) is 217 Å². The summed E-state index contributed by atoms with van der Waals surface area (Å²) in [6.45, 7) is 14.5. The third-order valence-corrected chi connectivity index (χ3v) is 16.5. The molecule has 1 nitrogen and oxygen atoms in total. The molecule has 5 aromatic rings. The fourth-order valence-electron chi connectivity index (χ4n) is 13.3. The average Bonchev–Trinajstić information content (AvgIpc) is 3.68. The number of anilines is 2. The van der Waals surface area contributed by atoms with E-state index in [-0.39, 0.29) is 16.7 Å². The quantitative estimate of drug-likeness (QED) is 0.165. The van der Waals surface area contributed by atoms with Crippen LogP contribution in [0.4, 0.5) is 11.4 Å². The summed E-state index contributed by atoms with van der Waals surface area (Å²) in [5.74, 6) is 2.11. The smallest absolute Gasteiger partial charge is 0.0514 e. The van der Waals surface area contributed by atoms with Crippen LogP contribution in [0.2, 0.25) is 0 Å². The van der Waals surface area contributed by atoms with E-state index in [0.717, 1.165) is 12.8 Å². The third-order valence-electron chi connectivity index (χ3n) is 16.5. The first-order valence-corrected chi connectivity index (χ1v) is 24.2. The summed E-state index contributed by atoms with van der Waals surface area (Å²) in [6.07, 6.45) is 37.6. The molecule has 0 aliphatic heterocycles. The maximum Gasteiger partial charge on any atom is 0.0514 e. The molecule has 1 heteroatoms. The van der Waals surface area contributed by atoms with Gasteiger partial charge in [0.25, 0.3) is 0 Å². The van der Waals surface area contributed by atoms with Gasteiger partial charge in [-0.1, -0.05) is 187 Å². The highest BCUT2D eigenvalue weighted by Crippen LogP contribution is 2.68. The van der Waals surface area contributed by atoms with Gasteiger partial charge in [-0.25, -0.2) is 0 Å². The van der Waals surface area contributed by atoms with E-state index in [0.29, 0.717) is 23.7 Å². The second-order valence-electron chi connectivity index (χ2n) is 20.9. The van der Waals surface area contributed by atoms with Gasteiger partial charge in [-0.2, -0.15) is 0 Å². The van der Waals surface area contributed by atoms with Gasteiger partial charge in [-0.3, -0.25) is 0 Å². The van der Waals surface area contributed by atoms with Crippen LogP contribution in [0.5, 0.6) is 0 Å². The number of rotatable bonds is 6. The van der Waals surface area contributed by atoms with Crippen LogP contribution in [0, 0.1) is 35.0 Å². The van der Waals surface area contributed by atoms with E-state index in [1.807, 2.05) is 0 Å². The van der Waals surface area contributed by atoms with Crippen LogP contribution in [-0.2, 0) is 10.8 Å². The Labute approximate surface area is 386 Å². The van der Waals surface area contributed by atoms with E-state index >= 15 is 0 Å². The predicted octanol–water partition coefficient (Wildman–Crippen LogP) is 16.4. The summed E-state index contributed by atoms with van der Waals surface area (Å²) < 4.78 is 0. The molecule has 7 aliphatic carbocycles. The zero-order chi connectivity index (χ0) is 44.2. The lowest BCUT2D eigenvalue weighted by Gasteiger charge is -2.49. The molecule has 0 saturated carbocycles. The molecule has 0 fully saturated rings. The molecule has 7 atom stereocenters. The van der Waals surface area contributed by atoms with Crippen molar-refractivity contribution in [3.8, 4) is 11.1 Å². The second-order valence-corrected chi connectivity index (χ2v) is 20.9. The highest BCUT2D eigenvalue weighted by atomic mass is 15.1. The summed E-state index contributed by atoms with van der Waals surface area (Å²) in [5, 5.41) is 2.62. The van der Waals surface area contributed by atoms with Gasteiger partial charge in [0.15, 0.2) is 0 Å². The van der Waals surface area contributed by atoms with Crippen LogP contribution >= 0.6 is 0 Å². The monoisotopic (exact) mass is 841 g/mol. The Bertz CT molecular complexity index is 3130. The number of hydrogen-bond donors (Lipinski definition) is 0. The summed E-state index contributed by atoms with van der Waals surface area (Å²) in [7, 11) is 0. The van der Waals surface area contributed by atoms with Crippen molar-refractivity contribution in [2.75, 3.05) is 4.90 Å². The van der Waals surface area contributed by atoms with Crippen molar-refractivity contribution in [2.24, 2.45) is 35.0 Å². The van der Waals surface area contributed by atoms with Crippen molar-refractivity contribution in [3.05, 3.63) is 245 Å². The Hall–Kier alpha value is -6.44. The summed E-state index contributed by atoms with van der Waals surface area (Å²) >= 11 is 0. The second kappa shape index (κ2) is 14.8. The molecule has 0 N–H and O–H groups in total. The first-order valence-electron chi connectivity index (χ1n) is 24.2. The molecule has 0 aromatic heterocycles. The summed E-state index contributed by atoms with van der Waals surface area (Å²) in [5.41, 5.74) is 18.3. The van der Waals surface area contributed by atoms with Crippen LogP contribution in [0.1, 0.15) is 82.2 Å². The molecule has 7 aliphatic rings. The summed E-state index contributed by atoms with van der Waals surface area (Å²) in [6, 6.07) is 40.5. The topological polar surface area (TPSA) is 3.24 Å². The van der Waals surface area contributed by atoms with Crippen LogP contribution < -0.4 is 4.90 Å². The van der Waals surface area contributed by atoms with Crippen molar-refractivity contribution in [1.29, 1.82) is 0 Å². The van der Waals surface area contributed by atoms with E-state index in [1.165, 1.54) is 83.5 Å². The van der Waals surface area contributed by atoms with Gasteiger partial charge in [0.05, 0.1) is 5.41 Å². The first-order chi connectivity index (χ1) is 31.5. The van der Waals surface area contributed by atoms with Gasteiger partial charge in [-0.15, -0.1) is 0 Å². The van der Waals surface area contributed by atoms with Crippen molar-refractivity contribution in [3.63, 3.8) is 0 Å². The minimum Gasteiger partial charge on any atom is -0.311 e. The normalized spacial score (nSPS) is 28.6. The SMILES string of the molecule is CC1C=C(N(c2ccc(C3=CC(C)C4C=CC=CC4=C3)cc2)c2ccc(C3(c4ccc5c(c4)-c4cc6ccccc6cc4C5(C)C)C4=C(C=CC(C)C4)C4C=CC=CC43C)cc2)C=CC1. The average molecular weight is 842 g/mol. The Morgan fingerprint density at radius 1 is 0.615 bits per heavy atom. The Morgan fingerprint density at radius 3 is 2.12 bits per heavy atom. The van der Waals surface area contributed by atoms with E-state index in [1.54, 1.807) is 5.57 Å².